The van der Waals surface area contributed by atoms with Gasteiger partial charge in [0, 0.05) is 11.1 Å². The highest BCUT2D eigenvalue weighted by molar-refractivity contribution is 8.02. The van der Waals surface area contributed by atoms with Crippen LogP contribution in [0.15, 0.2) is 200 Å². The second kappa shape index (κ2) is 21.8. The van der Waals surface area contributed by atoms with Crippen molar-refractivity contribution in [1.29, 1.82) is 0 Å². The summed E-state index contributed by atoms with van der Waals surface area (Å²) in [5.74, 6) is -1.91. The quantitative estimate of drug-likeness (QED) is 0.0139. The molecule has 7 aromatic rings. The number of nitrogens with one attached hydrogen (secondary N) is 3. The number of aliphatic hydroxyl groups excluding tert-OH is 1. The van der Waals surface area contributed by atoms with Crippen molar-refractivity contribution in [1.82, 2.24) is 30.0 Å². The summed E-state index contributed by atoms with van der Waals surface area (Å²) in [5, 5.41) is 29.4. The largest absolute Gasteiger partial charge is 0.448 e. The van der Waals surface area contributed by atoms with E-state index in [-0.39, 0.29) is 34.6 Å². The summed E-state index contributed by atoms with van der Waals surface area (Å²) in [6, 6.07) is 47.3. The number of nitrogens with zero attached hydrogens (tertiary/aromatic N) is 5. The number of aliphatic hydroxyl groups is 1. The molecule has 2 aliphatic rings. The molecule has 358 valence electrons. The number of amides is 2. The zero-order chi connectivity index (χ0) is 49.3. The van der Waals surface area contributed by atoms with Crippen LogP contribution in [0.25, 0.3) is 0 Å². The first-order chi connectivity index (χ1) is 34.7. The van der Waals surface area contributed by atoms with Crippen molar-refractivity contribution in [2.75, 3.05) is 24.8 Å². The Bertz CT molecular complexity index is 3110. The summed E-state index contributed by atoms with van der Waals surface area (Å²) in [7, 11) is 1.31. The maximum atomic E-state index is 14.7. The number of oxime groups is 1. The van der Waals surface area contributed by atoms with Crippen molar-refractivity contribution in [3.05, 3.63) is 234 Å². The number of anilines is 1. The molecular formula is C52H44N8O8S3. The van der Waals surface area contributed by atoms with Gasteiger partial charge in [-0.3, -0.25) is 28.6 Å². The molecule has 0 bridgehead atoms. The number of allylic oxidation sites excluding steroid dienone is 1. The highest BCUT2D eigenvalue weighted by atomic mass is 32.2. The summed E-state index contributed by atoms with van der Waals surface area (Å²) >= 11 is 3.55. The Morgan fingerprint density at radius 3 is 1.99 bits per heavy atom. The second-order valence-electron chi connectivity index (χ2n) is 15.9. The smallest absolute Gasteiger partial charge is 0.356 e. The first-order valence-corrected chi connectivity index (χ1v) is 25.0. The van der Waals surface area contributed by atoms with E-state index in [2.05, 4.69) is 26.0 Å². The SMILES string of the molecule is CON=C(C(=O)NC1C(=O)N2C(C(=O)OC(c3ccccc3)c3ccccc3)=C(C=CSc3n[nH]c(=O)c(=O)n3CCO)CSC12)c1csc(NC(c2ccccc2)(c2ccccc2)c2ccccc2)n1. The minimum atomic E-state index is -1.09. The van der Waals surface area contributed by atoms with Gasteiger partial charge in [0.25, 0.3) is 11.8 Å². The van der Waals surface area contributed by atoms with Gasteiger partial charge in [0.1, 0.15) is 35.5 Å². The number of benzene rings is 5. The van der Waals surface area contributed by atoms with Crippen LogP contribution in [0.3, 0.4) is 0 Å². The maximum Gasteiger partial charge on any atom is 0.356 e. The van der Waals surface area contributed by atoms with Crippen molar-refractivity contribution in [2.24, 2.45) is 5.16 Å². The molecule has 0 spiro atoms. The molecule has 9 rings (SSSR count). The molecule has 71 heavy (non-hydrogen) atoms. The Morgan fingerprint density at radius 1 is 0.873 bits per heavy atom. The molecule has 16 nitrogen and oxygen atoms in total. The highest BCUT2D eigenvalue weighted by Crippen LogP contribution is 2.43. The number of thioether (sulfide) groups is 2. The van der Waals surface area contributed by atoms with E-state index < -0.39 is 58.6 Å². The number of thiazole rings is 1. The fourth-order valence-electron chi connectivity index (χ4n) is 8.37. The minimum absolute atomic E-state index is 0.0418. The number of hydrogen-bond acceptors (Lipinski definition) is 15. The number of esters is 1. The lowest BCUT2D eigenvalue weighted by Crippen LogP contribution is -2.71. The number of rotatable bonds is 18. The van der Waals surface area contributed by atoms with E-state index in [0.29, 0.717) is 21.8 Å². The van der Waals surface area contributed by atoms with Crippen molar-refractivity contribution < 1.29 is 29.1 Å². The number of β-lactam (4-membered cyclic amide) rings is 1. The monoisotopic (exact) mass is 1000 g/mol. The van der Waals surface area contributed by atoms with Gasteiger partial charge in [-0.25, -0.2) is 14.9 Å². The molecule has 2 aromatic heterocycles. The summed E-state index contributed by atoms with van der Waals surface area (Å²) in [4.78, 5) is 79.3. The summed E-state index contributed by atoms with van der Waals surface area (Å²) < 4.78 is 7.34. The third kappa shape index (κ3) is 9.98. The van der Waals surface area contributed by atoms with Gasteiger partial charge in [0.15, 0.2) is 22.1 Å². The molecular weight excluding hydrogens is 961 g/mol. The van der Waals surface area contributed by atoms with Gasteiger partial charge in [-0.1, -0.05) is 169 Å². The molecule has 4 N–H and O–H groups in total. The van der Waals surface area contributed by atoms with Crippen LogP contribution >= 0.6 is 34.9 Å². The topological polar surface area (TPSA) is 210 Å². The lowest BCUT2D eigenvalue weighted by atomic mass is 9.77. The Labute approximate surface area is 419 Å². The fraction of sp³-hybridized carbons (Fsp3) is 0.154. The second-order valence-corrected chi connectivity index (χ2v) is 18.7. The Morgan fingerprint density at radius 2 is 1.44 bits per heavy atom. The van der Waals surface area contributed by atoms with Crippen LogP contribution in [0.1, 0.15) is 39.6 Å². The molecule has 2 unspecified atom stereocenters. The van der Waals surface area contributed by atoms with Gasteiger partial charge >= 0.3 is 17.1 Å². The molecule has 1 saturated heterocycles. The van der Waals surface area contributed by atoms with Gasteiger partial charge in [0.2, 0.25) is 0 Å². The molecule has 2 amide bonds. The fourth-order valence-corrected chi connectivity index (χ4v) is 11.2. The lowest BCUT2D eigenvalue weighted by molar-refractivity contribution is -0.154. The molecule has 0 radical (unpaired) electrons. The van der Waals surface area contributed by atoms with Crippen LogP contribution in [0.2, 0.25) is 0 Å². The van der Waals surface area contributed by atoms with E-state index in [1.807, 2.05) is 152 Å². The minimum Gasteiger partial charge on any atom is -0.448 e. The molecule has 5 aromatic carbocycles. The standard InChI is InChI=1S/C52H44N8O8S3/c1-67-58-40(39-32-71-50(53-39)55-52(36-21-11-4-12-22-36,37-23-13-5-14-24-37)38-25-15-6-16-26-38)44(62)54-41-46(64)60-42(49(66)68-43(33-17-7-2-8-18-33)34-19-9-3-10-20-34)35(31-70-48(41)60)27-30-69-51-57-56-45(63)47(65)59(51)28-29-61/h2-27,30,32,41,43,48,61H,28-29,31H2,1H3,(H,53,55)(H,54,62)(H,56,63). The van der Waals surface area contributed by atoms with Gasteiger partial charge in [0.05, 0.1) is 13.2 Å². The van der Waals surface area contributed by atoms with Crippen LogP contribution in [0, 0.1) is 0 Å². The van der Waals surface area contributed by atoms with Gasteiger partial charge in [-0.15, -0.1) is 28.2 Å². The number of H-pyrrole nitrogens is 1. The average molecular weight is 1010 g/mol. The van der Waals surface area contributed by atoms with Gasteiger partial charge in [-0.05, 0) is 44.9 Å². The zero-order valence-electron chi connectivity index (χ0n) is 37.8. The molecule has 0 saturated carbocycles. The first-order valence-electron chi connectivity index (χ1n) is 22.2. The zero-order valence-corrected chi connectivity index (χ0v) is 40.2. The van der Waals surface area contributed by atoms with Crippen molar-refractivity contribution >= 4 is 63.5 Å². The molecule has 2 atom stereocenters. The number of aromatic amines is 1. The first kappa shape index (κ1) is 48.2. The summed E-state index contributed by atoms with van der Waals surface area (Å²) in [5.41, 5.74) is 1.91. The van der Waals surface area contributed by atoms with Crippen LogP contribution in [0.5, 0.6) is 0 Å². The number of aromatic nitrogens is 4. The molecule has 19 heteroatoms. The Hall–Kier alpha value is -7.84. The third-order valence-corrected chi connectivity index (χ3v) is 14.5. The predicted octanol–water partition coefficient (Wildman–Crippen LogP) is 6.43. The van der Waals surface area contributed by atoms with E-state index in [9.17, 15) is 29.1 Å². The van der Waals surface area contributed by atoms with Crippen molar-refractivity contribution in [3.8, 4) is 0 Å². The summed E-state index contributed by atoms with van der Waals surface area (Å²) in [6.07, 6.45) is 0.752. The number of carbonyl (C=O) groups excluding carboxylic acids is 3. The normalized spacial score (nSPS) is 15.8. The van der Waals surface area contributed by atoms with E-state index >= 15 is 0 Å². The van der Waals surface area contributed by atoms with Crippen LogP contribution in [-0.2, 0) is 36.0 Å². The molecule has 1 fully saturated rings. The maximum absolute atomic E-state index is 14.7. The van der Waals surface area contributed by atoms with Crippen LogP contribution < -0.4 is 21.8 Å². The van der Waals surface area contributed by atoms with E-state index in [1.165, 1.54) is 35.1 Å². The predicted molar refractivity (Wildman–Crippen MR) is 273 cm³/mol. The van der Waals surface area contributed by atoms with E-state index in [1.54, 1.807) is 16.9 Å². The average Bonchev–Trinajstić information content (AvgIpc) is 3.88. The van der Waals surface area contributed by atoms with Gasteiger partial charge in [-0.2, -0.15) is 0 Å². The highest BCUT2D eigenvalue weighted by Gasteiger charge is 2.55. The van der Waals surface area contributed by atoms with Crippen LogP contribution in [-0.4, -0.2) is 84.1 Å². The van der Waals surface area contributed by atoms with Crippen molar-refractivity contribution in [2.45, 2.75) is 34.8 Å². The van der Waals surface area contributed by atoms with Crippen LogP contribution in [0.4, 0.5) is 5.13 Å². The summed E-state index contributed by atoms with van der Waals surface area (Å²) in [6.45, 7) is -0.589. The number of fused-ring (bicyclic) bond motifs is 1. The van der Waals surface area contributed by atoms with E-state index in [0.717, 1.165) is 33.0 Å². The Kier molecular flexibility index (Phi) is 14.8. The van der Waals surface area contributed by atoms with Gasteiger partial charge < -0.3 is 25.3 Å². The Balaban J connectivity index is 1.00. The number of ether oxygens (including phenoxy) is 1. The lowest BCUT2D eigenvalue weighted by Gasteiger charge is -2.49. The molecule has 4 heterocycles. The number of carbonyl (C=O) groups is 3. The van der Waals surface area contributed by atoms with Crippen molar-refractivity contribution in [3.63, 3.8) is 0 Å². The molecule has 0 aliphatic carbocycles. The molecule has 2 aliphatic heterocycles. The number of hydrogen-bond donors (Lipinski definition) is 4. The third-order valence-electron chi connectivity index (χ3n) is 11.7. The van der Waals surface area contributed by atoms with E-state index in [4.69, 9.17) is 14.6 Å².